The highest BCUT2D eigenvalue weighted by Crippen LogP contribution is 2.32. The molecule has 106 valence electrons. The zero-order valence-corrected chi connectivity index (χ0v) is 11.9. The largest absolute Gasteiger partial charge is 0.497 e. The van der Waals surface area contributed by atoms with Gasteiger partial charge in [-0.1, -0.05) is 0 Å². The number of aliphatic carboxylic acids is 1. The van der Waals surface area contributed by atoms with E-state index in [1.165, 1.54) is 0 Å². The lowest BCUT2D eigenvalue weighted by molar-refractivity contribution is -0.138. The molecular formula is C15H17NO4. The van der Waals surface area contributed by atoms with Crippen LogP contribution in [0.4, 0.5) is 0 Å². The van der Waals surface area contributed by atoms with Crippen LogP contribution in [-0.4, -0.2) is 30.3 Å². The van der Waals surface area contributed by atoms with E-state index in [9.17, 15) is 4.79 Å². The Morgan fingerprint density at radius 2 is 1.95 bits per heavy atom. The number of hydrogen-bond donors (Lipinski definition) is 1. The maximum atomic E-state index is 11.1. The fourth-order valence-corrected chi connectivity index (χ4v) is 2.18. The fraction of sp³-hybridized carbons (Fsp3) is 0.333. The van der Waals surface area contributed by atoms with Gasteiger partial charge in [0.2, 0.25) is 0 Å². The zero-order valence-electron chi connectivity index (χ0n) is 11.9. The van der Waals surface area contributed by atoms with E-state index in [-0.39, 0.29) is 0 Å². The minimum Gasteiger partial charge on any atom is -0.497 e. The predicted octanol–water partition coefficient (Wildman–Crippen LogP) is 2.75. The third-order valence-electron chi connectivity index (χ3n) is 3.34. The molecule has 1 heterocycles. The van der Waals surface area contributed by atoms with Gasteiger partial charge in [-0.05, 0) is 25.5 Å². The third-order valence-corrected chi connectivity index (χ3v) is 3.34. The van der Waals surface area contributed by atoms with Crippen LogP contribution < -0.4 is 9.47 Å². The van der Waals surface area contributed by atoms with E-state index in [1.807, 2.05) is 13.0 Å². The molecule has 2 aromatic rings. The number of aromatic nitrogens is 1. The van der Waals surface area contributed by atoms with Gasteiger partial charge in [0.25, 0.3) is 0 Å². The predicted molar refractivity (Wildman–Crippen MR) is 75.6 cm³/mol. The number of carboxylic acid groups (broad SMARTS) is 1. The van der Waals surface area contributed by atoms with Gasteiger partial charge in [0.1, 0.15) is 11.5 Å². The van der Waals surface area contributed by atoms with Crippen molar-refractivity contribution in [2.75, 3.05) is 14.2 Å². The molecule has 1 atom stereocenters. The lowest BCUT2D eigenvalue weighted by Gasteiger charge is -2.13. The molecule has 0 spiro atoms. The van der Waals surface area contributed by atoms with Crippen molar-refractivity contribution < 1.29 is 19.4 Å². The summed E-state index contributed by atoms with van der Waals surface area (Å²) in [5, 5.41) is 9.98. The van der Waals surface area contributed by atoms with Crippen molar-refractivity contribution in [2.24, 2.45) is 0 Å². The fourth-order valence-electron chi connectivity index (χ4n) is 2.18. The second-order valence-corrected chi connectivity index (χ2v) is 4.65. The number of methoxy groups -OCH3 is 2. The van der Waals surface area contributed by atoms with Crippen LogP contribution in [0.25, 0.3) is 10.9 Å². The van der Waals surface area contributed by atoms with E-state index >= 15 is 0 Å². The van der Waals surface area contributed by atoms with Crippen LogP contribution in [0.15, 0.2) is 18.2 Å². The average Bonchev–Trinajstić information content (AvgIpc) is 2.44. The van der Waals surface area contributed by atoms with E-state index in [1.54, 1.807) is 33.3 Å². The highest BCUT2D eigenvalue weighted by molar-refractivity contribution is 5.88. The van der Waals surface area contributed by atoms with Crippen LogP contribution in [0.2, 0.25) is 0 Å². The summed E-state index contributed by atoms with van der Waals surface area (Å²) in [4.78, 5) is 15.6. The number of rotatable bonds is 4. The van der Waals surface area contributed by atoms with Gasteiger partial charge in [0.15, 0.2) is 0 Å². The first-order valence-electron chi connectivity index (χ1n) is 6.24. The summed E-state index contributed by atoms with van der Waals surface area (Å²) in [5.74, 6) is -0.268. The van der Waals surface area contributed by atoms with E-state index in [0.29, 0.717) is 22.7 Å². The van der Waals surface area contributed by atoms with Gasteiger partial charge in [0.05, 0.1) is 31.3 Å². The van der Waals surface area contributed by atoms with Gasteiger partial charge in [-0.15, -0.1) is 0 Å². The van der Waals surface area contributed by atoms with Crippen molar-refractivity contribution in [3.05, 3.63) is 29.5 Å². The SMILES string of the molecule is COc1cc(OC)c2cc(C)c(C(C)C(=O)O)nc2c1. The number of aryl methyl sites for hydroxylation is 1. The molecule has 1 N–H and O–H groups in total. The van der Waals surface area contributed by atoms with Crippen LogP contribution >= 0.6 is 0 Å². The molecule has 5 nitrogen and oxygen atoms in total. The van der Waals surface area contributed by atoms with Crippen molar-refractivity contribution in [3.8, 4) is 11.5 Å². The van der Waals surface area contributed by atoms with Gasteiger partial charge >= 0.3 is 5.97 Å². The Kier molecular flexibility index (Phi) is 3.79. The monoisotopic (exact) mass is 275 g/mol. The Hall–Kier alpha value is -2.30. The van der Waals surface area contributed by atoms with E-state index < -0.39 is 11.9 Å². The molecular weight excluding hydrogens is 258 g/mol. The molecule has 1 aromatic carbocycles. The number of benzene rings is 1. The van der Waals surface area contributed by atoms with Gasteiger partial charge in [0, 0.05) is 17.5 Å². The van der Waals surface area contributed by atoms with Crippen molar-refractivity contribution in [2.45, 2.75) is 19.8 Å². The summed E-state index contributed by atoms with van der Waals surface area (Å²) in [6.07, 6.45) is 0. The summed E-state index contributed by atoms with van der Waals surface area (Å²) >= 11 is 0. The first-order valence-corrected chi connectivity index (χ1v) is 6.24. The van der Waals surface area contributed by atoms with Crippen LogP contribution in [0.5, 0.6) is 11.5 Å². The molecule has 0 bridgehead atoms. The number of hydrogen-bond acceptors (Lipinski definition) is 4. The van der Waals surface area contributed by atoms with Gasteiger partial charge in [-0.25, -0.2) is 0 Å². The van der Waals surface area contributed by atoms with Gasteiger partial charge in [-0.3, -0.25) is 9.78 Å². The highest BCUT2D eigenvalue weighted by Gasteiger charge is 2.19. The quantitative estimate of drug-likeness (QED) is 0.929. The molecule has 1 unspecified atom stereocenters. The van der Waals surface area contributed by atoms with E-state index in [4.69, 9.17) is 14.6 Å². The average molecular weight is 275 g/mol. The molecule has 2 rings (SSSR count). The standard InChI is InChI=1S/C15H17NO4/c1-8-5-11-12(16-14(8)9(2)15(17)18)6-10(19-3)7-13(11)20-4/h5-7,9H,1-4H3,(H,17,18). The number of fused-ring (bicyclic) bond motifs is 1. The Balaban J connectivity index is 2.71. The van der Waals surface area contributed by atoms with Crippen molar-refractivity contribution in [3.63, 3.8) is 0 Å². The van der Waals surface area contributed by atoms with Crippen LogP contribution in [0.3, 0.4) is 0 Å². The molecule has 0 aliphatic rings. The van der Waals surface area contributed by atoms with Crippen molar-refractivity contribution >= 4 is 16.9 Å². The van der Waals surface area contributed by atoms with E-state index in [2.05, 4.69) is 4.98 Å². The van der Waals surface area contributed by atoms with Gasteiger partial charge < -0.3 is 14.6 Å². The minimum absolute atomic E-state index is 0.556. The maximum absolute atomic E-state index is 11.1. The summed E-state index contributed by atoms with van der Waals surface area (Å²) in [6, 6.07) is 5.45. The zero-order chi connectivity index (χ0) is 14.9. The summed E-state index contributed by atoms with van der Waals surface area (Å²) in [7, 11) is 3.15. The van der Waals surface area contributed by atoms with Crippen LogP contribution in [0.1, 0.15) is 24.1 Å². The summed E-state index contributed by atoms with van der Waals surface area (Å²) in [6.45, 7) is 3.48. The molecule has 5 heteroatoms. The number of pyridine rings is 1. The number of carboxylic acids is 1. The molecule has 0 amide bonds. The summed E-state index contributed by atoms with van der Waals surface area (Å²) in [5.41, 5.74) is 2.05. The molecule has 0 saturated carbocycles. The van der Waals surface area contributed by atoms with Crippen molar-refractivity contribution in [1.29, 1.82) is 0 Å². The molecule has 0 radical (unpaired) electrons. The normalized spacial score (nSPS) is 12.2. The van der Waals surface area contributed by atoms with Crippen LogP contribution in [-0.2, 0) is 4.79 Å². The maximum Gasteiger partial charge on any atom is 0.312 e. The molecule has 0 saturated heterocycles. The molecule has 1 aromatic heterocycles. The second kappa shape index (κ2) is 5.36. The number of carbonyl (C=O) groups is 1. The molecule has 0 fully saturated rings. The lowest BCUT2D eigenvalue weighted by atomic mass is 10.0. The topological polar surface area (TPSA) is 68.7 Å². The molecule has 0 aliphatic carbocycles. The Morgan fingerprint density at radius 3 is 2.50 bits per heavy atom. The Bertz CT molecular complexity index is 666. The Labute approximate surface area is 117 Å². The molecule has 0 aliphatic heterocycles. The van der Waals surface area contributed by atoms with E-state index in [0.717, 1.165) is 10.9 Å². The van der Waals surface area contributed by atoms with Crippen LogP contribution in [0, 0.1) is 6.92 Å². The summed E-state index contributed by atoms with van der Waals surface area (Å²) < 4.78 is 10.5. The highest BCUT2D eigenvalue weighted by atomic mass is 16.5. The third kappa shape index (κ3) is 2.39. The molecule has 20 heavy (non-hydrogen) atoms. The smallest absolute Gasteiger partial charge is 0.312 e. The van der Waals surface area contributed by atoms with Crippen molar-refractivity contribution in [1.82, 2.24) is 4.98 Å². The lowest BCUT2D eigenvalue weighted by Crippen LogP contribution is -2.11. The minimum atomic E-state index is -0.894. The number of ether oxygens (including phenoxy) is 2. The Morgan fingerprint density at radius 1 is 1.25 bits per heavy atom. The first kappa shape index (κ1) is 14.1. The second-order valence-electron chi connectivity index (χ2n) is 4.65. The first-order chi connectivity index (χ1) is 9.47. The number of nitrogens with zero attached hydrogens (tertiary/aromatic N) is 1. The van der Waals surface area contributed by atoms with Gasteiger partial charge in [-0.2, -0.15) is 0 Å².